The summed E-state index contributed by atoms with van der Waals surface area (Å²) in [7, 11) is 0. The number of pyridine rings is 1. The largest absolute Gasteiger partial charge is 0.417 e. The topological polar surface area (TPSA) is 12.9 Å². The van der Waals surface area contributed by atoms with Crippen molar-refractivity contribution in [3.05, 3.63) is 53.9 Å². The van der Waals surface area contributed by atoms with E-state index in [1.165, 1.54) is 6.07 Å². The number of aromatic nitrogens is 1. The van der Waals surface area contributed by atoms with Crippen LogP contribution in [-0.4, -0.2) is 4.98 Å². The highest BCUT2D eigenvalue weighted by Crippen LogP contribution is 2.37. The summed E-state index contributed by atoms with van der Waals surface area (Å²) in [6, 6.07) is 6.00. The summed E-state index contributed by atoms with van der Waals surface area (Å²) in [6.45, 7) is 0. The first-order valence-electron chi connectivity index (χ1n) is 4.79. The summed E-state index contributed by atoms with van der Waals surface area (Å²) in [5.41, 5.74) is -2.19. The molecular formula is C12H5F5N. The van der Waals surface area contributed by atoms with E-state index in [0.717, 1.165) is 12.1 Å². The molecule has 0 spiro atoms. The molecular weight excluding hydrogens is 253 g/mol. The highest BCUT2D eigenvalue weighted by Gasteiger charge is 2.34. The van der Waals surface area contributed by atoms with Gasteiger partial charge in [-0.25, -0.2) is 9.37 Å². The number of hydrogen-bond acceptors (Lipinski definition) is 1. The van der Waals surface area contributed by atoms with E-state index >= 15 is 0 Å². The number of rotatable bonds is 1. The average Bonchev–Trinajstić information content (AvgIpc) is 2.31. The second kappa shape index (κ2) is 4.36. The highest BCUT2D eigenvalue weighted by molar-refractivity contribution is 5.67. The zero-order valence-corrected chi connectivity index (χ0v) is 8.72. The van der Waals surface area contributed by atoms with E-state index in [-0.39, 0.29) is 0 Å². The van der Waals surface area contributed by atoms with Gasteiger partial charge in [0, 0.05) is 5.56 Å². The summed E-state index contributed by atoms with van der Waals surface area (Å²) in [5.74, 6) is -2.08. The quantitative estimate of drug-likeness (QED) is 0.559. The van der Waals surface area contributed by atoms with Crippen molar-refractivity contribution < 1.29 is 22.0 Å². The second-order valence-electron chi connectivity index (χ2n) is 3.45. The molecule has 0 aliphatic heterocycles. The first-order chi connectivity index (χ1) is 8.39. The van der Waals surface area contributed by atoms with Gasteiger partial charge < -0.3 is 0 Å². The van der Waals surface area contributed by atoms with Gasteiger partial charge >= 0.3 is 6.18 Å². The highest BCUT2D eigenvalue weighted by atomic mass is 19.4. The average molecular weight is 258 g/mol. The van der Waals surface area contributed by atoms with Gasteiger partial charge in [-0.05, 0) is 17.7 Å². The first-order valence-corrected chi connectivity index (χ1v) is 4.79. The molecule has 2 aromatic rings. The molecule has 0 aliphatic rings. The number of benzene rings is 1. The van der Waals surface area contributed by atoms with Crippen molar-refractivity contribution in [2.24, 2.45) is 0 Å². The minimum absolute atomic E-state index is 0.491. The predicted octanol–water partition coefficient (Wildman–Crippen LogP) is 3.85. The molecule has 6 heteroatoms. The van der Waals surface area contributed by atoms with E-state index in [1.54, 1.807) is 0 Å². The number of halogens is 5. The van der Waals surface area contributed by atoms with Crippen molar-refractivity contribution in [2.75, 3.05) is 0 Å². The smallest absolute Gasteiger partial charge is 0.225 e. The van der Waals surface area contributed by atoms with E-state index < -0.39 is 34.6 Å². The van der Waals surface area contributed by atoms with Gasteiger partial charge in [-0.3, -0.25) is 0 Å². The molecule has 0 N–H and O–H groups in total. The molecule has 93 valence electrons. The standard InChI is InChI=1S/C12H5F5N/c13-7-5-9(11(14)18-6-7)8-3-1-2-4-10(8)12(15,16)17/h1-3,5-6H. The Kier molecular flexibility index (Phi) is 3.02. The Hall–Kier alpha value is -1.98. The van der Waals surface area contributed by atoms with Crippen LogP contribution in [-0.2, 0) is 6.18 Å². The van der Waals surface area contributed by atoms with E-state index in [0.29, 0.717) is 12.3 Å². The third-order valence-electron chi connectivity index (χ3n) is 2.24. The van der Waals surface area contributed by atoms with Crippen molar-refractivity contribution in [1.82, 2.24) is 4.98 Å². The number of hydrogen-bond donors (Lipinski definition) is 0. The van der Waals surface area contributed by atoms with Crippen molar-refractivity contribution in [3.8, 4) is 11.1 Å². The van der Waals surface area contributed by atoms with Crippen LogP contribution in [0.4, 0.5) is 22.0 Å². The number of alkyl halides is 3. The summed E-state index contributed by atoms with van der Waals surface area (Å²) < 4.78 is 64.4. The van der Waals surface area contributed by atoms with Crippen molar-refractivity contribution in [2.45, 2.75) is 6.18 Å². The van der Waals surface area contributed by atoms with E-state index in [4.69, 9.17) is 0 Å². The lowest BCUT2D eigenvalue weighted by Gasteiger charge is -2.12. The number of nitrogens with zero attached hydrogens (tertiary/aromatic N) is 1. The van der Waals surface area contributed by atoms with Gasteiger partial charge in [0.1, 0.15) is 5.82 Å². The lowest BCUT2D eigenvalue weighted by Crippen LogP contribution is -2.08. The molecule has 1 radical (unpaired) electrons. The molecule has 0 saturated heterocycles. The normalized spacial score (nSPS) is 11.6. The summed E-state index contributed by atoms with van der Waals surface area (Å²) in [5, 5.41) is 0. The lowest BCUT2D eigenvalue weighted by atomic mass is 10.0. The Morgan fingerprint density at radius 3 is 2.50 bits per heavy atom. The maximum Gasteiger partial charge on any atom is 0.417 e. The molecule has 1 nitrogen and oxygen atoms in total. The van der Waals surface area contributed by atoms with Crippen LogP contribution in [0, 0.1) is 17.8 Å². The lowest BCUT2D eigenvalue weighted by molar-refractivity contribution is -0.137. The first kappa shape index (κ1) is 12.5. The molecule has 0 aliphatic carbocycles. The van der Waals surface area contributed by atoms with Crippen LogP contribution in [0.5, 0.6) is 0 Å². The molecule has 0 amide bonds. The fraction of sp³-hybridized carbons (Fsp3) is 0.0833. The van der Waals surface area contributed by atoms with Crippen molar-refractivity contribution in [3.63, 3.8) is 0 Å². The molecule has 18 heavy (non-hydrogen) atoms. The van der Waals surface area contributed by atoms with Crippen LogP contribution in [0.3, 0.4) is 0 Å². The molecule has 1 aromatic carbocycles. The van der Waals surface area contributed by atoms with Crippen LogP contribution in [0.15, 0.2) is 30.5 Å². The minimum atomic E-state index is -4.70. The minimum Gasteiger partial charge on any atom is -0.225 e. The zero-order chi connectivity index (χ0) is 13.3. The van der Waals surface area contributed by atoms with Crippen molar-refractivity contribution in [1.29, 1.82) is 0 Å². The molecule has 0 saturated carbocycles. The van der Waals surface area contributed by atoms with Gasteiger partial charge in [-0.2, -0.15) is 17.6 Å². The van der Waals surface area contributed by atoms with Gasteiger partial charge in [-0.15, -0.1) is 0 Å². The predicted molar refractivity (Wildman–Crippen MR) is 53.4 cm³/mol. The molecule has 0 atom stereocenters. The maximum absolute atomic E-state index is 13.4. The summed E-state index contributed by atoms with van der Waals surface area (Å²) >= 11 is 0. The maximum atomic E-state index is 13.4. The zero-order valence-electron chi connectivity index (χ0n) is 8.72. The van der Waals surface area contributed by atoms with E-state index in [2.05, 4.69) is 4.98 Å². The summed E-state index contributed by atoms with van der Waals surface area (Å²) in [6.07, 6.45) is -4.10. The van der Waals surface area contributed by atoms with Crippen LogP contribution in [0.1, 0.15) is 5.56 Å². The van der Waals surface area contributed by atoms with Gasteiger partial charge in [0.05, 0.1) is 11.8 Å². The third kappa shape index (κ3) is 2.32. The molecule has 0 bridgehead atoms. The Balaban J connectivity index is 2.68. The Morgan fingerprint density at radius 2 is 1.83 bits per heavy atom. The molecule has 0 unspecified atom stereocenters. The molecule has 2 rings (SSSR count). The van der Waals surface area contributed by atoms with Crippen molar-refractivity contribution >= 4 is 0 Å². The Morgan fingerprint density at radius 1 is 1.11 bits per heavy atom. The monoisotopic (exact) mass is 258 g/mol. The Bertz CT molecular complexity index is 577. The van der Waals surface area contributed by atoms with E-state index in [1.807, 2.05) is 6.07 Å². The van der Waals surface area contributed by atoms with Crippen LogP contribution >= 0.6 is 0 Å². The fourth-order valence-electron chi connectivity index (χ4n) is 1.51. The van der Waals surface area contributed by atoms with Crippen LogP contribution < -0.4 is 0 Å². The molecule has 1 aromatic heterocycles. The van der Waals surface area contributed by atoms with Crippen LogP contribution in [0.2, 0.25) is 0 Å². The fourth-order valence-corrected chi connectivity index (χ4v) is 1.51. The summed E-state index contributed by atoms with van der Waals surface area (Å²) in [4.78, 5) is 3.06. The van der Waals surface area contributed by atoms with Gasteiger partial charge in [0.2, 0.25) is 5.95 Å². The van der Waals surface area contributed by atoms with Gasteiger partial charge in [-0.1, -0.05) is 18.2 Å². The second-order valence-corrected chi connectivity index (χ2v) is 3.45. The van der Waals surface area contributed by atoms with E-state index in [9.17, 15) is 22.0 Å². The SMILES string of the molecule is Fc1cnc(F)c(-c2ccc[c]c2C(F)(F)F)c1. The molecule has 1 heterocycles. The van der Waals surface area contributed by atoms with Gasteiger partial charge in [0.25, 0.3) is 0 Å². The third-order valence-corrected chi connectivity index (χ3v) is 2.24. The Labute approximate surface area is 98.9 Å². The molecule has 0 fully saturated rings. The van der Waals surface area contributed by atoms with Crippen LogP contribution in [0.25, 0.3) is 11.1 Å². The van der Waals surface area contributed by atoms with Gasteiger partial charge in [0.15, 0.2) is 0 Å².